The van der Waals surface area contributed by atoms with Gasteiger partial charge in [-0.1, -0.05) is 42.5 Å². The molecule has 0 bridgehead atoms. The Kier molecular flexibility index (Phi) is 5.42. The molecule has 6 nitrogen and oxygen atoms in total. The van der Waals surface area contributed by atoms with Crippen LogP contribution in [-0.2, 0) is 4.79 Å². The Morgan fingerprint density at radius 3 is 2.46 bits per heavy atom. The molecule has 0 fully saturated rings. The summed E-state index contributed by atoms with van der Waals surface area (Å²) in [5.74, 6) is -0.577. The van der Waals surface area contributed by atoms with Gasteiger partial charge in [0.25, 0.3) is 11.6 Å². The van der Waals surface area contributed by atoms with Crippen LogP contribution in [0, 0.1) is 21.4 Å². The van der Waals surface area contributed by atoms with Gasteiger partial charge in [-0.2, -0.15) is 5.26 Å². The highest BCUT2D eigenvalue weighted by Crippen LogP contribution is 2.21. The molecule has 1 N–H and O–H groups in total. The van der Waals surface area contributed by atoms with Gasteiger partial charge in [-0.05, 0) is 24.6 Å². The minimum Gasteiger partial charge on any atom is -0.345 e. The lowest BCUT2D eigenvalue weighted by molar-refractivity contribution is -0.385. The Balaban J connectivity index is 2.24. The Bertz CT molecular complexity index is 823. The van der Waals surface area contributed by atoms with Crippen LogP contribution in [0.3, 0.4) is 0 Å². The van der Waals surface area contributed by atoms with E-state index in [0.717, 1.165) is 5.56 Å². The zero-order chi connectivity index (χ0) is 17.5. The molecule has 120 valence electrons. The van der Waals surface area contributed by atoms with Gasteiger partial charge in [0.1, 0.15) is 11.6 Å². The first-order chi connectivity index (χ1) is 11.5. The van der Waals surface area contributed by atoms with Gasteiger partial charge in [0.15, 0.2) is 0 Å². The summed E-state index contributed by atoms with van der Waals surface area (Å²) >= 11 is 0. The summed E-state index contributed by atoms with van der Waals surface area (Å²) in [6.07, 6.45) is 1.23. The normalized spacial score (nSPS) is 12.1. The van der Waals surface area contributed by atoms with E-state index in [1.165, 1.54) is 24.3 Å². The molecule has 2 aromatic carbocycles. The van der Waals surface area contributed by atoms with E-state index in [9.17, 15) is 20.2 Å². The Hall–Kier alpha value is -3.46. The molecule has 24 heavy (non-hydrogen) atoms. The van der Waals surface area contributed by atoms with Gasteiger partial charge >= 0.3 is 0 Å². The predicted octanol–water partition coefficient (Wildman–Crippen LogP) is 3.38. The van der Waals surface area contributed by atoms with Crippen LogP contribution >= 0.6 is 0 Å². The van der Waals surface area contributed by atoms with E-state index in [1.807, 2.05) is 30.3 Å². The fraction of sp³-hybridized carbons (Fsp3) is 0.111. The Morgan fingerprint density at radius 1 is 1.21 bits per heavy atom. The number of nitrogens with zero attached hydrogens (tertiary/aromatic N) is 2. The summed E-state index contributed by atoms with van der Waals surface area (Å²) < 4.78 is 0. The number of para-hydroxylation sites is 1. The molecule has 0 aromatic heterocycles. The number of benzene rings is 2. The van der Waals surface area contributed by atoms with Gasteiger partial charge in [0.05, 0.1) is 16.5 Å². The van der Waals surface area contributed by atoms with Crippen LogP contribution in [0.15, 0.2) is 60.2 Å². The summed E-state index contributed by atoms with van der Waals surface area (Å²) in [4.78, 5) is 22.7. The molecule has 1 atom stereocenters. The summed E-state index contributed by atoms with van der Waals surface area (Å²) in [6.45, 7) is 1.80. The molecule has 0 aliphatic carbocycles. The second kappa shape index (κ2) is 7.70. The number of carbonyl (C=O) groups is 1. The average Bonchev–Trinajstić information content (AvgIpc) is 2.60. The highest BCUT2D eigenvalue weighted by Gasteiger charge is 2.16. The van der Waals surface area contributed by atoms with E-state index < -0.39 is 10.8 Å². The number of hydrogen-bond donors (Lipinski definition) is 1. The van der Waals surface area contributed by atoms with Crippen molar-refractivity contribution >= 4 is 17.7 Å². The quantitative estimate of drug-likeness (QED) is 0.395. The molecule has 0 saturated heterocycles. The van der Waals surface area contributed by atoms with Crippen molar-refractivity contribution in [1.82, 2.24) is 5.32 Å². The molecule has 2 rings (SSSR count). The first-order valence-corrected chi connectivity index (χ1v) is 7.24. The van der Waals surface area contributed by atoms with Crippen molar-refractivity contribution in [2.45, 2.75) is 13.0 Å². The second-order valence-corrected chi connectivity index (χ2v) is 5.09. The van der Waals surface area contributed by atoms with Crippen LogP contribution in [-0.4, -0.2) is 10.8 Å². The van der Waals surface area contributed by atoms with Crippen molar-refractivity contribution < 1.29 is 9.72 Å². The third kappa shape index (κ3) is 4.05. The number of hydrogen-bond acceptors (Lipinski definition) is 4. The molecule has 6 heteroatoms. The summed E-state index contributed by atoms with van der Waals surface area (Å²) in [7, 11) is 0. The van der Waals surface area contributed by atoms with Crippen molar-refractivity contribution in [3.8, 4) is 6.07 Å². The Labute approximate surface area is 139 Å². The molecule has 0 aliphatic heterocycles. The molecule has 1 amide bonds. The summed E-state index contributed by atoms with van der Waals surface area (Å²) in [5, 5.41) is 23.0. The first-order valence-electron chi connectivity index (χ1n) is 7.24. The molecular formula is C18H15N3O3. The summed E-state index contributed by atoms with van der Waals surface area (Å²) in [6, 6.07) is 16.8. The maximum atomic E-state index is 12.3. The highest BCUT2D eigenvalue weighted by atomic mass is 16.6. The second-order valence-electron chi connectivity index (χ2n) is 5.09. The van der Waals surface area contributed by atoms with E-state index in [4.69, 9.17) is 0 Å². The van der Waals surface area contributed by atoms with Crippen molar-refractivity contribution in [2.24, 2.45) is 0 Å². The smallest absolute Gasteiger partial charge is 0.276 e. The van der Waals surface area contributed by atoms with Crippen LogP contribution in [0.25, 0.3) is 6.08 Å². The van der Waals surface area contributed by atoms with Gasteiger partial charge in [0, 0.05) is 6.07 Å². The lowest BCUT2D eigenvalue weighted by Gasteiger charge is -2.13. The predicted molar refractivity (Wildman–Crippen MR) is 89.7 cm³/mol. The number of rotatable bonds is 5. The fourth-order valence-corrected chi connectivity index (χ4v) is 2.18. The van der Waals surface area contributed by atoms with Crippen LogP contribution in [0.1, 0.15) is 24.1 Å². The third-order valence-electron chi connectivity index (χ3n) is 3.45. The van der Waals surface area contributed by atoms with Gasteiger partial charge in [-0.25, -0.2) is 0 Å². The van der Waals surface area contributed by atoms with Crippen LogP contribution in [0.2, 0.25) is 0 Å². The number of nitriles is 1. The zero-order valence-corrected chi connectivity index (χ0v) is 13.0. The van der Waals surface area contributed by atoms with Crippen molar-refractivity contribution in [3.05, 3.63) is 81.4 Å². The highest BCUT2D eigenvalue weighted by molar-refractivity contribution is 6.02. The number of nitro benzene ring substituents is 1. The molecular weight excluding hydrogens is 306 g/mol. The monoisotopic (exact) mass is 321 g/mol. The van der Waals surface area contributed by atoms with Crippen LogP contribution in [0.5, 0.6) is 0 Å². The maximum Gasteiger partial charge on any atom is 0.276 e. The summed E-state index contributed by atoms with van der Waals surface area (Å²) in [5.41, 5.74) is 0.761. The lowest BCUT2D eigenvalue weighted by Crippen LogP contribution is -2.27. The van der Waals surface area contributed by atoms with Crippen LogP contribution < -0.4 is 5.32 Å². The first kappa shape index (κ1) is 16.9. The van der Waals surface area contributed by atoms with Gasteiger partial charge in [-0.15, -0.1) is 0 Å². The molecule has 2 aromatic rings. The van der Waals surface area contributed by atoms with Gasteiger partial charge in [0.2, 0.25) is 0 Å². The van der Waals surface area contributed by atoms with Crippen LogP contribution in [0.4, 0.5) is 5.69 Å². The van der Waals surface area contributed by atoms with E-state index in [1.54, 1.807) is 19.1 Å². The number of carbonyl (C=O) groups excluding carboxylic acids is 1. The van der Waals surface area contributed by atoms with Gasteiger partial charge < -0.3 is 5.32 Å². The average molecular weight is 321 g/mol. The molecule has 0 radical (unpaired) electrons. The number of nitro groups is 1. The number of nitrogens with one attached hydrogen (secondary N) is 1. The molecule has 0 saturated carbocycles. The van der Waals surface area contributed by atoms with Crippen molar-refractivity contribution in [2.75, 3.05) is 0 Å². The SMILES string of the molecule is C[C@@H](NC(=O)/C(C#N)=C/c1ccccc1[N+](=O)[O-])c1ccccc1. The Morgan fingerprint density at radius 2 is 1.83 bits per heavy atom. The number of amides is 1. The van der Waals surface area contributed by atoms with Crippen molar-refractivity contribution in [3.63, 3.8) is 0 Å². The lowest BCUT2D eigenvalue weighted by atomic mass is 10.1. The standard InChI is InChI=1S/C18H15N3O3/c1-13(14-7-3-2-4-8-14)20-18(22)16(12-19)11-15-9-5-6-10-17(15)21(23)24/h2-11,13H,1H3,(H,20,22)/b16-11+/t13-/m1/s1. The third-order valence-corrected chi connectivity index (χ3v) is 3.45. The molecule has 0 heterocycles. The molecule has 0 aliphatic rings. The van der Waals surface area contributed by atoms with Gasteiger partial charge in [-0.3, -0.25) is 14.9 Å². The minimum absolute atomic E-state index is 0.158. The van der Waals surface area contributed by atoms with E-state index in [-0.39, 0.29) is 22.9 Å². The zero-order valence-electron chi connectivity index (χ0n) is 13.0. The van der Waals surface area contributed by atoms with E-state index in [2.05, 4.69) is 5.32 Å². The molecule has 0 unspecified atom stereocenters. The molecule has 0 spiro atoms. The van der Waals surface area contributed by atoms with E-state index in [0.29, 0.717) is 0 Å². The maximum absolute atomic E-state index is 12.3. The van der Waals surface area contributed by atoms with E-state index >= 15 is 0 Å². The fourth-order valence-electron chi connectivity index (χ4n) is 2.18. The minimum atomic E-state index is -0.577. The largest absolute Gasteiger partial charge is 0.345 e. The van der Waals surface area contributed by atoms with Crippen molar-refractivity contribution in [1.29, 1.82) is 5.26 Å². The topological polar surface area (TPSA) is 96.0 Å².